The first-order chi connectivity index (χ1) is 16.7. The van der Waals surface area contributed by atoms with E-state index in [-0.39, 0.29) is 35.0 Å². The fourth-order valence-corrected chi connectivity index (χ4v) is 4.38. The summed E-state index contributed by atoms with van der Waals surface area (Å²) in [4.78, 5) is 48.0. The minimum absolute atomic E-state index is 0.0618. The molecule has 3 aromatic carbocycles. The highest BCUT2D eigenvalue weighted by Crippen LogP contribution is 2.37. The Labute approximate surface area is 210 Å². The second-order valence-electron chi connectivity index (χ2n) is 7.37. The highest BCUT2D eigenvalue weighted by Gasteiger charge is 2.23. The summed E-state index contributed by atoms with van der Waals surface area (Å²) < 4.78 is 0. The van der Waals surface area contributed by atoms with Gasteiger partial charge in [-0.15, -0.1) is 11.8 Å². The topological polar surface area (TPSA) is 133 Å². The first-order valence-corrected chi connectivity index (χ1v) is 11.7. The number of benzene rings is 3. The number of amides is 2. The van der Waals surface area contributed by atoms with Gasteiger partial charge in [0.15, 0.2) is 0 Å². The highest BCUT2D eigenvalue weighted by atomic mass is 35.5. The van der Waals surface area contributed by atoms with E-state index in [1.807, 2.05) is 6.07 Å². The molecule has 10 heteroatoms. The molecule has 0 radical (unpaired) electrons. The largest absolute Gasteiger partial charge is 0.481 e. The van der Waals surface area contributed by atoms with Crippen molar-refractivity contribution in [2.45, 2.75) is 23.0 Å². The maximum atomic E-state index is 13.3. The molecule has 8 nitrogen and oxygen atoms in total. The number of anilines is 2. The third kappa shape index (κ3) is 7.59. The van der Waals surface area contributed by atoms with E-state index in [1.165, 1.54) is 30.0 Å². The molecule has 1 unspecified atom stereocenters. The van der Waals surface area contributed by atoms with Crippen molar-refractivity contribution in [1.29, 1.82) is 0 Å². The van der Waals surface area contributed by atoms with Crippen LogP contribution in [-0.4, -0.2) is 34.0 Å². The summed E-state index contributed by atoms with van der Waals surface area (Å²) in [5.74, 6) is -3.07. The van der Waals surface area contributed by atoms with E-state index in [0.717, 1.165) is 5.56 Å². The molecule has 0 bridgehead atoms. The normalized spacial score (nSPS) is 11.3. The zero-order valence-electron chi connectivity index (χ0n) is 18.2. The predicted octanol–water partition coefficient (Wildman–Crippen LogP) is 5.31. The van der Waals surface area contributed by atoms with Gasteiger partial charge in [-0.05, 0) is 42.0 Å². The van der Waals surface area contributed by atoms with Crippen molar-refractivity contribution in [3.05, 3.63) is 88.9 Å². The zero-order valence-corrected chi connectivity index (χ0v) is 19.8. The van der Waals surface area contributed by atoms with Gasteiger partial charge in [-0.1, -0.05) is 48.0 Å². The molecule has 0 spiro atoms. The number of aromatic carboxylic acids is 1. The van der Waals surface area contributed by atoms with Gasteiger partial charge >= 0.3 is 11.9 Å². The summed E-state index contributed by atoms with van der Waals surface area (Å²) in [5.41, 5.74) is 1.36. The number of aliphatic carboxylic acids is 1. The summed E-state index contributed by atoms with van der Waals surface area (Å²) in [5, 5.41) is 22.8. The average Bonchev–Trinajstić information content (AvgIpc) is 2.83. The molecular weight excluding hydrogens is 492 g/mol. The summed E-state index contributed by atoms with van der Waals surface area (Å²) in [6.07, 6.45) is -0.425. The van der Waals surface area contributed by atoms with E-state index in [2.05, 4.69) is 10.6 Å². The van der Waals surface area contributed by atoms with Crippen molar-refractivity contribution in [2.24, 2.45) is 0 Å². The number of hydrogen-bond donors (Lipinski definition) is 4. The first-order valence-electron chi connectivity index (χ1n) is 10.4. The molecular formula is C25H21ClN2O6S. The maximum absolute atomic E-state index is 13.3. The molecule has 3 rings (SSSR count). The molecule has 0 aliphatic rings. The van der Waals surface area contributed by atoms with E-state index < -0.39 is 23.1 Å². The Hall–Kier alpha value is -3.82. The first kappa shape index (κ1) is 25.8. The molecule has 0 fully saturated rings. The van der Waals surface area contributed by atoms with Crippen molar-refractivity contribution < 1.29 is 29.4 Å². The predicted molar refractivity (Wildman–Crippen MR) is 134 cm³/mol. The molecule has 180 valence electrons. The van der Waals surface area contributed by atoms with Gasteiger partial charge in [0.1, 0.15) is 5.25 Å². The lowest BCUT2D eigenvalue weighted by molar-refractivity contribution is -0.138. The van der Waals surface area contributed by atoms with Crippen LogP contribution in [0, 0.1) is 0 Å². The molecule has 0 aliphatic heterocycles. The van der Waals surface area contributed by atoms with Crippen LogP contribution in [0.4, 0.5) is 11.4 Å². The fourth-order valence-electron chi connectivity index (χ4n) is 3.10. The number of rotatable bonds is 10. The van der Waals surface area contributed by atoms with Crippen LogP contribution in [0.3, 0.4) is 0 Å². The molecule has 0 aromatic heterocycles. The van der Waals surface area contributed by atoms with E-state index in [9.17, 15) is 24.3 Å². The molecule has 2 amide bonds. The Bertz CT molecular complexity index is 1250. The van der Waals surface area contributed by atoms with Gasteiger partial charge < -0.3 is 20.8 Å². The molecule has 1 atom stereocenters. The molecule has 0 saturated carbocycles. The number of carbonyl (C=O) groups is 4. The van der Waals surface area contributed by atoms with Crippen LogP contribution in [0.5, 0.6) is 0 Å². The Morgan fingerprint density at radius 2 is 1.54 bits per heavy atom. The van der Waals surface area contributed by atoms with Crippen LogP contribution in [0.25, 0.3) is 0 Å². The number of carboxylic acids is 2. The quantitative estimate of drug-likeness (QED) is 0.270. The Morgan fingerprint density at radius 1 is 0.829 bits per heavy atom. The molecule has 0 aliphatic carbocycles. The van der Waals surface area contributed by atoms with E-state index in [1.54, 1.807) is 48.5 Å². The van der Waals surface area contributed by atoms with Crippen LogP contribution < -0.4 is 10.6 Å². The van der Waals surface area contributed by atoms with Crippen molar-refractivity contribution in [2.75, 3.05) is 10.6 Å². The number of nitrogens with one attached hydrogen (secondary N) is 2. The summed E-state index contributed by atoms with van der Waals surface area (Å²) in [6, 6.07) is 20.1. The molecule has 4 N–H and O–H groups in total. The minimum atomic E-state index is -1.21. The Morgan fingerprint density at radius 3 is 2.23 bits per heavy atom. The summed E-state index contributed by atoms with van der Waals surface area (Å²) in [7, 11) is 0. The summed E-state index contributed by atoms with van der Waals surface area (Å²) >= 11 is 7.17. The monoisotopic (exact) mass is 512 g/mol. The Balaban J connectivity index is 1.81. The van der Waals surface area contributed by atoms with Gasteiger partial charge in [0, 0.05) is 22.7 Å². The highest BCUT2D eigenvalue weighted by molar-refractivity contribution is 8.00. The van der Waals surface area contributed by atoms with Crippen molar-refractivity contribution in [3.63, 3.8) is 0 Å². The van der Waals surface area contributed by atoms with Gasteiger partial charge in [0.05, 0.1) is 17.0 Å². The standard InChI is InChI=1S/C25H21ClN2O6S/c26-20-10-9-17(14-19(20)25(33)34)28-24(32)23(15-5-2-1-3-6-15)35-18-8-4-7-16(13-18)27-21(29)11-12-22(30)31/h1-10,13-14,23H,11-12H2,(H,27,29)(H,28,32)(H,30,31)(H,33,34). The van der Waals surface area contributed by atoms with E-state index in [4.69, 9.17) is 16.7 Å². The van der Waals surface area contributed by atoms with Crippen LogP contribution >= 0.6 is 23.4 Å². The average molecular weight is 513 g/mol. The van der Waals surface area contributed by atoms with E-state index in [0.29, 0.717) is 10.6 Å². The lowest BCUT2D eigenvalue weighted by atomic mass is 10.1. The zero-order chi connectivity index (χ0) is 25.4. The third-order valence-corrected chi connectivity index (χ3v) is 6.32. The fraction of sp³-hybridized carbons (Fsp3) is 0.120. The van der Waals surface area contributed by atoms with Gasteiger partial charge in [-0.3, -0.25) is 14.4 Å². The van der Waals surface area contributed by atoms with Gasteiger partial charge in [0.2, 0.25) is 11.8 Å². The van der Waals surface area contributed by atoms with Crippen LogP contribution in [0.1, 0.15) is 34.0 Å². The minimum Gasteiger partial charge on any atom is -0.481 e. The Kier molecular flexibility index (Phi) is 8.88. The van der Waals surface area contributed by atoms with Crippen molar-refractivity contribution in [1.82, 2.24) is 0 Å². The number of carbonyl (C=O) groups excluding carboxylic acids is 2. The summed E-state index contributed by atoms with van der Waals surface area (Å²) in [6.45, 7) is 0. The van der Waals surface area contributed by atoms with Gasteiger partial charge in [-0.25, -0.2) is 4.79 Å². The van der Waals surface area contributed by atoms with Crippen LogP contribution in [0.2, 0.25) is 5.02 Å². The number of carboxylic acid groups (broad SMARTS) is 2. The van der Waals surface area contributed by atoms with Gasteiger partial charge in [0.25, 0.3) is 0 Å². The third-order valence-electron chi connectivity index (χ3n) is 4.74. The lowest BCUT2D eigenvalue weighted by Gasteiger charge is -2.18. The molecule has 35 heavy (non-hydrogen) atoms. The SMILES string of the molecule is O=C(O)CCC(=O)Nc1cccc(SC(C(=O)Nc2ccc(Cl)c(C(=O)O)c2)c2ccccc2)c1. The second-order valence-corrected chi connectivity index (χ2v) is 8.95. The van der Waals surface area contributed by atoms with Crippen LogP contribution in [0.15, 0.2) is 77.7 Å². The molecule has 3 aromatic rings. The van der Waals surface area contributed by atoms with Crippen molar-refractivity contribution >= 4 is 58.5 Å². The number of thioether (sulfide) groups is 1. The number of halogens is 1. The van der Waals surface area contributed by atoms with E-state index >= 15 is 0 Å². The molecule has 0 heterocycles. The lowest BCUT2D eigenvalue weighted by Crippen LogP contribution is -2.19. The van der Waals surface area contributed by atoms with Crippen LogP contribution in [-0.2, 0) is 14.4 Å². The second kappa shape index (κ2) is 12.0. The molecule has 0 saturated heterocycles. The smallest absolute Gasteiger partial charge is 0.337 e. The van der Waals surface area contributed by atoms with Crippen molar-refractivity contribution in [3.8, 4) is 0 Å². The number of hydrogen-bond acceptors (Lipinski definition) is 5. The maximum Gasteiger partial charge on any atom is 0.337 e. The van der Waals surface area contributed by atoms with Gasteiger partial charge in [-0.2, -0.15) is 0 Å².